The minimum Gasteiger partial charge on any atom is -0.467 e. The second-order valence-corrected chi connectivity index (χ2v) is 7.40. The lowest BCUT2D eigenvalue weighted by atomic mass is 10.0. The Morgan fingerprint density at radius 3 is 2.56 bits per heavy atom. The van der Waals surface area contributed by atoms with Crippen molar-refractivity contribution in [3.05, 3.63) is 58.0 Å². The van der Waals surface area contributed by atoms with Gasteiger partial charge in [-0.2, -0.15) is 0 Å². The van der Waals surface area contributed by atoms with E-state index in [-0.39, 0.29) is 23.0 Å². The Morgan fingerprint density at radius 2 is 1.96 bits per heavy atom. The fraction of sp³-hybridized carbons (Fsp3) is 0.368. The summed E-state index contributed by atoms with van der Waals surface area (Å²) < 4.78 is 5.10. The minimum atomic E-state index is -0.968. The molecule has 1 heterocycles. The molecule has 0 radical (unpaired) electrons. The highest BCUT2D eigenvalue weighted by Gasteiger charge is 2.24. The molecule has 27 heavy (non-hydrogen) atoms. The molecule has 2 aromatic rings. The molecular formula is C19H22Cl2N2O4. The molecule has 3 N–H and O–H groups in total. The number of amides is 2. The molecule has 2 amide bonds. The van der Waals surface area contributed by atoms with Crippen molar-refractivity contribution in [2.45, 2.75) is 32.4 Å². The van der Waals surface area contributed by atoms with Crippen LogP contribution in [0, 0.1) is 5.92 Å². The molecule has 0 fully saturated rings. The van der Waals surface area contributed by atoms with Crippen molar-refractivity contribution in [2.24, 2.45) is 5.92 Å². The van der Waals surface area contributed by atoms with Gasteiger partial charge < -0.3 is 20.2 Å². The zero-order valence-corrected chi connectivity index (χ0v) is 16.6. The molecule has 2 rings (SSSR count). The maximum atomic E-state index is 12.5. The zero-order valence-electron chi connectivity index (χ0n) is 15.0. The van der Waals surface area contributed by atoms with Crippen LogP contribution in [0.15, 0.2) is 41.0 Å². The van der Waals surface area contributed by atoms with Crippen LogP contribution in [0.5, 0.6) is 0 Å². The van der Waals surface area contributed by atoms with Gasteiger partial charge in [-0.1, -0.05) is 37.0 Å². The maximum absolute atomic E-state index is 12.5. The monoisotopic (exact) mass is 412 g/mol. The fourth-order valence-corrected chi connectivity index (χ4v) is 3.01. The molecule has 0 bridgehead atoms. The summed E-state index contributed by atoms with van der Waals surface area (Å²) in [5.41, 5.74) is 0.234. The Kier molecular flexibility index (Phi) is 7.71. The molecule has 1 aromatic heterocycles. The summed E-state index contributed by atoms with van der Waals surface area (Å²) >= 11 is 11.9. The lowest BCUT2D eigenvalue weighted by Gasteiger charge is -2.21. The molecule has 146 valence electrons. The summed E-state index contributed by atoms with van der Waals surface area (Å²) in [6, 6.07) is 7.03. The quantitative estimate of drug-likeness (QED) is 0.617. The van der Waals surface area contributed by atoms with E-state index in [1.807, 2.05) is 13.8 Å². The molecule has 0 aliphatic heterocycles. The van der Waals surface area contributed by atoms with Gasteiger partial charge in [-0.15, -0.1) is 0 Å². The van der Waals surface area contributed by atoms with Crippen molar-refractivity contribution in [1.82, 2.24) is 10.6 Å². The van der Waals surface area contributed by atoms with Crippen LogP contribution < -0.4 is 10.6 Å². The van der Waals surface area contributed by atoms with E-state index in [4.69, 9.17) is 27.6 Å². The minimum absolute atomic E-state index is 0.0293. The highest BCUT2D eigenvalue weighted by molar-refractivity contribution is 6.36. The molecule has 0 aliphatic carbocycles. The van der Waals surface area contributed by atoms with E-state index in [9.17, 15) is 14.7 Å². The van der Waals surface area contributed by atoms with Gasteiger partial charge in [-0.3, -0.25) is 9.59 Å². The van der Waals surface area contributed by atoms with Crippen molar-refractivity contribution >= 4 is 35.0 Å². The highest BCUT2D eigenvalue weighted by Crippen LogP contribution is 2.21. The number of rotatable bonds is 8. The number of carbonyl (C=O) groups is 2. The second kappa shape index (κ2) is 9.78. The lowest BCUT2D eigenvalue weighted by Crippen LogP contribution is -2.48. The van der Waals surface area contributed by atoms with Crippen molar-refractivity contribution in [2.75, 3.05) is 6.54 Å². The third-order valence-electron chi connectivity index (χ3n) is 3.85. The van der Waals surface area contributed by atoms with Gasteiger partial charge in [0.15, 0.2) is 0 Å². The van der Waals surface area contributed by atoms with Crippen molar-refractivity contribution < 1.29 is 19.1 Å². The summed E-state index contributed by atoms with van der Waals surface area (Å²) in [5.74, 6) is -0.346. The normalized spacial score (nSPS) is 13.3. The summed E-state index contributed by atoms with van der Waals surface area (Å²) in [6.07, 6.45) is 0.905. The number of halogens is 2. The Balaban J connectivity index is 2.02. The molecule has 0 aliphatic rings. The SMILES string of the molecule is CC(C)CC(NC(=O)c1ccc(Cl)cc1Cl)C(=O)NCC(O)c1ccco1. The standard InChI is InChI=1S/C19H22Cl2N2O4/c1-11(2)8-15(19(26)22-10-16(24)17-4-3-7-27-17)23-18(25)13-6-5-12(20)9-14(13)21/h3-7,9,11,15-16,24H,8,10H2,1-2H3,(H,22,26)(H,23,25). The molecule has 0 spiro atoms. The van der Waals surface area contributed by atoms with Crippen molar-refractivity contribution in [3.63, 3.8) is 0 Å². The van der Waals surface area contributed by atoms with Crippen LogP contribution in [0.25, 0.3) is 0 Å². The van der Waals surface area contributed by atoms with Crippen LogP contribution in [-0.4, -0.2) is 29.5 Å². The molecular weight excluding hydrogens is 391 g/mol. The number of benzene rings is 1. The van der Waals surface area contributed by atoms with Crippen LogP contribution in [0.3, 0.4) is 0 Å². The van der Waals surface area contributed by atoms with Gasteiger partial charge in [0.25, 0.3) is 5.91 Å². The van der Waals surface area contributed by atoms with E-state index in [1.54, 1.807) is 18.2 Å². The van der Waals surface area contributed by atoms with E-state index >= 15 is 0 Å². The third kappa shape index (κ3) is 6.27. The van der Waals surface area contributed by atoms with Crippen LogP contribution in [0.1, 0.15) is 42.5 Å². The number of aliphatic hydroxyl groups is 1. The van der Waals surface area contributed by atoms with Gasteiger partial charge in [0.05, 0.1) is 23.4 Å². The first kappa shape index (κ1) is 21.3. The number of furan rings is 1. The van der Waals surface area contributed by atoms with Gasteiger partial charge in [0, 0.05) is 5.02 Å². The van der Waals surface area contributed by atoms with Crippen LogP contribution in [-0.2, 0) is 4.79 Å². The Morgan fingerprint density at radius 1 is 1.22 bits per heavy atom. The average molecular weight is 413 g/mol. The summed E-state index contributed by atoms with van der Waals surface area (Å²) in [7, 11) is 0. The number of hydrogen-bond acceptors (Lipinski definition) is 4. The summed E-state index contributed by atoms with van der Waals surface area (Å²) in [4.78, 5) is 25.1. The van der Waals surface area contributed by atoms with Crippen molar-refractivity contribution in [3.8, 4) is 0 Å². The first-order valence-electron chi connectivity index (χ1n) is 8.53. The number of aliphatic hydroxyl groups excluding tert-OH is 1. The first-order valence-corrected chi connectivity index (χ1v) is 9.28. The van der Waals surface area contributed by atoms with Gasteiger partial charge in [0.2, 0.25) is 5.91 Å². The Bertz CT molecular complexity index is 778. The first-order chi connectivity index (χ1) is 12.8. The van der Waals surface area contributed by atoms with E-state index in [0.29, 0.717) is 17.2 Å². The third-order valence-corrected chi connectivity index (χ3v) is 4.39. The highest BCUT2D eigenvalue weighted by atomic mass is 35.5. The molecule has 6 nitrogen and oxygen atoms in total. The van der Waals surface area contributed by atoms with Gasteiger partial charge >= 0.3 is 0 Å². The van der Waals surface area contributed by atoms with Gasteiger partial charge in [0.1, 0.15) is 17.9 Å². The molecule has 1 aromatic carbocycles. The number of carbonyl (C=O) groups excluding carboxylic acids is 2. The molecule has 0 saturated heterocycles. The Hall–Kier alpha value is -2.02. The molecule has 8 heteroatoms. The number of nitrogens with one attached hydrogen (secondary N) is 2. The summed E-state index contributed by atoms with van der Waals surface area (Å²) in [6.45, 7) is 3.86. The van der Waals surface area contributed by atoms with Crippen molar-refractivity contribution in [1.29, 1.82) is 0 Å². The largest absolute Gasteiger partial charge is 0.467 e. The molecule has 2 unspecified atom stereocenters. The van der Waals surface area contributed by atoms with Gasteiger partial charge in [-0.05, 0) is 42.7 Å². The maximum Gasteiger partial charge on any atom is 0.253 e. The molecule has 0 saturated carbocycles. The van der Waals surface area contributed by atoms with E-state index in [1.165, 1.54) is 18.4 Å². The van der Waals surface area contributed by atoms with Crippen LogP contribution in [0.2, 0.25) is 10.0 Å². The Labute approximate surface area is 167 Å². The van der Waals surface area contributed by atoms with Crippen LogP contribution in [0.4, 0.5) is 0 Å². The van der Waals surface area contributed by atoms with Gasteiger partial charge in [-0.25, -0.2) is 0 Å². The predicted octanol–water partition coefficient (Wildman–Crippen LogP) is 3.58. The van der Waals surface area contributed by atoms with Crippen LogP contribution >= 0.6 is 23.2 Å². The smallest absolute Gasteiger partial charge is 0.253 e. The average Bonchev–Trinajstić information content (AvgIpc) is 3.12. The lowest BCUT2D eigenvalue weighted by molar-refractivity contribution is -0.123. The predicted molar refractivity (Wildman–Crippen MR) is 104 cm³/mol. The topological polar surface area (TPSA) is 91.6 Å². The van der Waals surface area contributed by atoms with E-state index in [2.05, 4.69) is 10.6 Å². The van der Waals surface area contributed by atoms with E-state index < -0.39 is 24.0 Å². The zero-order chi connectivity index (χ0) is 20.0. The second-order valence-electron chi connectivity index (χ2n) is 6.56. The van der Waals surface area contributed by atoms with E-state index in [0.717, 1.165) is 0 Å². The number of hydrogen-bond donors (Lipinski definition) is 3. The summed E-state index contributed by atoms with van der Waals surface area (Å²) in [5, 5.41) is 16.0. The fourth-order valence-electron chi connectivity index (χ4n) is 2.51. The molecule has 2 atom stereocenters.